The molecule has 0 saturated carbocycles. The molecule has 0 spiro atoms. The highest BCUT2D eigenvalue weighted by Gasteiger charge is 2.42. The fourth-order valence-electron chi connectivity index (χ4n) is 2.75. The Morgan fingerprint density at radius 3 is 2.30 bits per heavy atom. The number of aryl methyl sites for hydroxylation is 1. The number of nitrogens with zero attached hydrogens (tertiary/aromatic N) is 2. The average molecular weight is 349 g/mol. The van der Waals surface area contributed by atoms with Crippen LogP contribution in [-0.2, 0) is 15.7 Å². The molecule has 1 aliphatic rings. The second-order valence-corrected chi connectivity index (χ2v) is 17.2. The molecule has 1 aliphatic heterocycles. The third kappa shape index (κ3) is 3.75. The van der Waals surface area contributed by atoms with Crippen molar-refractivity contribution in [1.29, 1.82) is 0 Å². The minimum Gasteiger partial charge on any atom is -0.455 e. The highest BCUT2D eigenvalue weighted by atomic mass is 28.4. The molecule has 0 unspecified atom stereocenters. The van der Waals surface area contributed by atoms with E-state index in [-0.39, 0.29) is 5.91 Å². The lowest BCUT2D eigenvalue weighted by molar-refractivity contribution is -0.111. The first kappa shape index (κ1) is 17.9. The molecule has 126 valence electrons. The summed E-state index contributed by atoms with van der Waals surface area (Å²) in [6.07, 6.45) is 2.03. The Morgan fingerprint density at radius 1 is 1.13 bits per heavy atom. The Labute approximate surface area is 141 Å². The number of para-hydroxylation sites is 1. The van der Waals surface area contributed by atoms with E-state index in [1.54, 1.807) is 0 Å². The van der Waals surface area contributed by atoms with Gasteiger partial charge < -0.3 is 9.09 Å². The fourth-order valence-corrected chi connectivity index (χ4v) is 4.77. The van der Waals surface area contributed by atoms with E-state index in [0.29, 0.717) is 5.71 Å². The normalized spacial score (nSPS) is 16.9. The van der Waals surface area contributed by atoms with E-state index in [1.165, 1.54) is 5.56 Å². The van der Waals surface area contributed by atoms with Crippen LogP contribution < -0.4 is 4.57 Å². The third-order valence-electron chi connectivity index (χ3n) is 3.60. The number of oxime groups is 1. The maximum Gasteiger partial charge on any atom is 0.278 e. The highest BCUT2D eigenvalue weighted by molar-refractivity contribution is 6.87. The number of hydrogen-bond donors (Lipinski definition) is 0. The number of anilines is 1. The first-order valence-corrected chi connectivity index (χ1v) is 15.1. The van der Waals surface area contributed by atoms with Crippen LogP contribution in [0.25, 0.3) is 0 Å². The van der Waals surface area contributed by atoms with Crippen LogP contribution in [-0.4, -0.2) is 28.2 Å². The van der Waals surface area contributed by atoms with Crippen LogP contribution in [0.2, 0.25) is 39.3 Å². The van der Waals surface area contributed by atoms with Crippen LogP contribution >= 0.6 is 0 Å². The number of carbonyl (C=O) groups is 1. The van der Waals surface area contributed by atoms with Crippen LogP contribution in [0.15, 0.2) is 23.4 Å². The summed E-state index contributed by atoms with van der Waals surface area (Å²) in [5.41, 5.74) is 3.71. The lowest BCUT2D eigenvalue weighted by Crippen LogP contribution is -2.49. The monoisotopic (exact) mass is 348 g/mol. The summed E-state index contributed by atoms with van der Waals surface area (Å²) in [5.74, 6) is 0.000898. The van der Waals surface area contributed by atoms with Gasteiger partial charge in [-0.25, -0.2) is 0 Å². The largest absolute Gasteiger partial charge is 0.455 e. The van der Waals surface area contributed by atoms with Crippen molar-refractivity contribution in [3.05, 3.63) is 29.3 Å². The minimum atomic E-state index is -1.86. The molecular weight excluding hydrogens is 320 g/mol. The molecule has 0 bridgehead atoms. The van der Waals surface area contributed by atoms with Gasteiger partial charge in [-0.1, -0.05) is 56.3 Å². The van der Waals surface area contributed by atoms with Crippen LogP contribution in [0.1, 0.15) is 24.5 Å². The predicted molar refractivity (Wildman–Crippen MR) is 102 cm³/mol. The van der Waals surface area contributed by atoms with Crippen molar-refractivity contribution in [1.82, 2.24) is 0 Å². The van der Waals surface area contributed by atoms with Gasteiger partial charge in [0.15, 0.2) is 13.9 Å². The Bertz CT molecular complexity index is 643. The van der Waals surface area contributed by atoms with Gasteiger partial charge >= 0.3 is 0 Å². The number of amides is 1. The smallest absolute Gasteiger partial charge is 0.278 e. The number of fused-ring (bicyclic) bond motifs is 1. The molecule has 1 amide bonds. The zero-order valence-electron chi connectivity index (χ0n) is 15.4. The minimum absolute atomic E-state index is 0.000898. The van der Waals surface area contributed by atoms with Crippen molar-refractivity contribution in [2.75, 3.05) is 4.57 Å². The van der Waals surface area contributed by atoms with Crippen LogP contribution in [0.3, 0.4) is 0 Å². The molecule has 1 heterocycles. The van der Waals surface area contributed by atoms with Crippen LogP contribution in [0, 0.1) is 0 Å². The van der Waals surface area contributed by atoms with Crippen molar-refractivity contribution >= 4 is 33.9 Å². The molecule has 6 heteroatoms. The van der Waals surface area contributed by atoms with Crippen molar-refractivity contribution in [2.24, 2.45) is 5.16 Å². The van der Waals surface area contributed by atoms with Gasteiger partial charge in [0.1, 0.15) is 0 Å². The second kappa shape index (κ2) is 6.24. The van der Waals surface area contributed by atoms with Crippen molar-refractivity contribution in [2.45, 2.75) is 59.0 Å². The third-order valence-corrected chi connectivity index (χ3v) is 6.01. The van der Waals surface area contributed by atoms with E-state index in [1.807, 2.05) is 16.7 Å². The maximum atomic E-state index is 13.0. The van der Waals surface area contributed by atoms with Crippen molar-refractivity contribution in [3.8, 4) is 0 Å². The molecule has 1 aromatic carbocycles. The quantitative estimate of drug-likeness (QED) is 0.585. The summed E-state index contributed by atoms with van der Waals surface area (Å²) in [4.78, 5) is 13.0. The van der Waals surface area contributed by atoms with Gasteiger partial charge in [-0.3, -0.25) is 4.79 Å². The summed E-state index contributed by atoms with van der Waals surface area (Å²) in [5, 5.41) is 4.29. The van der Waals surface area contributed by atoms with Crippen molar-refractivity contribution in [3.63, 3.8) is 0 Å². The Morgan fingerprint density at radius 2 is 1.78 bits per heavy atom. The van der Waals surface area contributed by atoms with Gasteiger partial charge in [0.05, 0.1) is 0 Å². The Kier molecular flexibility index (Phi) is 4.87. The molecule has 4 nitrogen and oxygen atoms in total. The standard InChI is InChI=1S/C17H28N2O2Si2/c1-8-10-13-11-9-12-14-15(18-21-23(5,6)7)17(20)19(16(13)14)22(2,3)4/h9,11-12H,8,10H2,1-7H3/b18-15-. The maximum absolute atomic E-state index is 13.0. The van der Waals surface area contributed by atoms with Gasteiger partial charge in [0.2, 0.25) is 0 Å². The molecule has 0 fully saturated rings. The molecule has 2 rings (SSSR count). The number of carbonyl (C=O) groups excluding carboxylic acids is 1. The molecule has 0 aliphatic carbocycles. The summed E-state index contributed by atoms with van der Waals surface area (Å²) in [6, 6.07) is 6.15. The van der Waals surface area contributed by atoms with Gasteiger partial charge in [0, 0.05) is 11.3 Å². The fraction of sp³-hybridized carbons (Fsp3) is 0.529. The highest BCUT2D eigenvalue weighted by Crippen LogP contribution is 2.37. The molecule has 1 aromatic rings. The van der Waals surface area contributed by atoms with E-state index < -0.39 is 16.6 Å². The van der Waals surface area contributed by atoms with E-state index in [4.69, 9.17) is 4.53 Å². The first-order chi connectivity index (χ1) is 10.6. The second-order valence-electron chi connectivity index (χ2n) is 8.02. The Hall–Kier alpha value is -1.41. The number of hydrogen-bond acceptors (Lipinski definition) is 3. The van der Waals surface area contributed by atoms with Crippen LogP contribution in [0.5, 0.6) is 0 Å². The lowest BCUT2D eigenvalue weighted by Gasteiger charge is -2.31. The van der Waals surface area contributed by atoms with E-state index in [9.17, 15) is 4.79 Å². The van der Waals surface area contributed by atoms with Crippen LogP contribution in [0.4, 0.5) is 5.69 Å². The van der Waals surface area contributed by atoms with Gasteiger partial charge in [0.25, 0.3) is 14.2 Å². The first-order valence-electron chi connectivity index (χ1n) is 8.29. The number of rotatable bonds is 5. The average Bonchev–Trinajstić information content (AvgIpc) is 2.68. The molecule has 0 aromatic heterocycles. The predicted octanol–water partition coefficient (Wildman–Crippen LogP) is 4.38. The van der Waals surface area contributed by atoms with E-state index >= 15 is 0 Å². The van der Waals surface area contributed by atoms with Crippen molar-refractivity contribution < 1.29 is 9.32 Å². The summed E-state index contributed by atoms with van der Waals surface area (Å²) in [7, 11) is -3.68. The summed E-state index contributed by atoms with van der Waals surface area (Å²) < 4.78 is 7.71. The zero-order chi connectivity index (χ0) is 17.4. The molecule has 0 saturated heterocycles. The zero-order valence-corrected chi connectivity index (χ0v) is 17.4. The molecule has 0 radical (unpaired) electrons. The topological polar surface area (TPSA) is 41.9 Å². The number of benzene rings is 1. The molecule has 0 N–H and O–H groups in total. The molecule has 0 atom stereocenters. The lowest BCUT2D eigenvalue weighted by atomic mass is 10.0. The van der Waals surface area contributed by atoms with E-state index in [2.05, 4.69) is 57.4 Å². The molecule has 23 heavy (non-hydrogen) atoms. The SMILES string of the molecule is CCCc1cccc2c1N([Si](C)(C)C)C(=O)/C2=N\O[Si](C)(C)C. The van der Waals surface area contributed by atoms with E-state index in [0.717, 1.165) is 24.1 Å². The summed E-state index contributed by atoms with van der Waals surface area (Å²) in [6.45, 7) is 15.0. The molecular formula is C17H28N2O2Si2. The van der Waals surface area contributed by atoms with Gasteiger partial charge in [-0.05, 0) is 31.6 Å². The summed E-state index contributed by atoms with van der Waals surface area (Å²) >= 11 is 0. The van der Waals surface area contributed by atoms with Gasteiger partial charge in [-0.15, -0.1) is 0 Å². The Balaban J connectivity index is 2.60. The van der Waals surface area contributed by atoms with Gasteiger partial charge in [-0.2, -0.15) is 0 Å².